The Hall–Kier alpha value is -3.70. The molecule has 1 unspecified atom stereocenters. The molecule has 0 aliphatic heterocycles. The quantitative estimate of drug-likeness (QED) is 0.470. The first-order valence-electron chi connectivity index (χ1n) is 9.87. The van der Waals surface area contributed by atoms with Crippen molar-refractivity contribution in [1.82, 2.24) is 24.9 Å². The van der Waals surface area contributed by atoms with Crippen LogP contribution in [0.25, 0.3) is 5.69 Å². The van der Waals surface area contributed by atoms with Crippen LogP contribution >= 0.6 is 0 Å². The number of benzene rings is 1. The number of hydrogen-bond donors (Lipinski definition) is 0. The number of aromatic nitrogens is 4. The van der Waals surface area contributed by atoms with Gasteiger partial charge < -0.3 is 14.4 Å². The van der Waals surface area contributed by atoms with Crippen LogP contribution in [0.4, 0.5) is 17.6 Å². The largest absolute Gasteiger partial charge is 0.497 e. The maximum atomic E-state index is 14.0. The zero-order chi connectivity index (χ0) is 24.2. The number of hydrogen-bond acceptors (Lipinski definition) is 6. The molecule has 176 valence electrons. The van der Waals surface area contributed by atoms with E-state index >= 15 is 0 Å². The number of rotatable bonds is 8. The van der Waals surface area contributed by atoms with Gasteiger partial charge in [-0.25, -0.2) is 9.37 Å². The molecular formula is C21H21F4N5O3. The lowest BCUT2D eigenvalue weighted by Gasteiger charge is -2.28. The summed E-state index contributed by atoms with van der Waals surface area (Å²) >= 11 is 0. The highest BCUT2D eigenvalue weighted by molar-refractivity contribution is 5.98. The first-order valence-corrected chi connectivity index (χ1v) is 9.87. The Kier molecular flexibility index (Phi) is 7.14. The zero-order valence-corrected chi connectivity index (χ0v) is 18.0. The molecule has 0 N–H and O–H groups in total. The second-order valence-electron chi connectivity index (χ2n) is 6.96. The van der Waals surface area contributed by atoms with E-state index < -0.39 is 29.5 Å². The number of ether oxygens (including phenoxy) is 2. The SMILES string of the molecule is CCN(C(=O)c1ccc(OC)cc1-n1nccn1)C(C)COc1ncc(C(F)(F)F)cc1F. The fourth-order valence-corrected chi connectivity index (χ4v) is 3.11. The van der Waals surface area contributed by atoms with Gasteiger partial charge in [-0.15, -0.1) is 0 Å². The molecule has 0 saturated heterocycles. The number of nitrogens with zero attached hydrogens (tertiary/aromatic N) is 5. The molecule has 1 atom stereocenters. The molecule has 1 aromatic carbocycles. The van der Waals surface area contributed by atoms with Gasteiger partial charge in [0.15, 0.2) is 5.82 Å². The standard InChI is InChI=1S/C21H21F4N5O3/c1-4-29(13(2)12-33-19-17(22)9-14(11-26-19)21(23,24)25)20(31)16-6-5-15(32-3)10-18(16)30-27-7-8-28-30/h5-11,13H,4,12H2,1-3H3. The maximum Gasteiger partial charge on any atom is 0.417 e. The summed E-state index contributed by atoms with van der Waals surface area (Å²) in [5.74, 6) is -1.69. The first-order chi connectivity index (χ1) is 15.7. The molecule has 8 nitrogen and oxygen atoms in total. The molecule has 2 aromatic heterocycles. The summed E-state index contributed by atoms with van der Waals surface area (Å²) in [4.78, 5) is 19.5. The zero-order valence-electron chi connectivity index (χ0n) is 18.0. The Bertz CT molecular complexity index is 1110. The predicted octanol–water partition coefficient (Wildman–Crippen LogP) is 3.76. The van der Waals surface area contributed by atoms with E-state index in [9.17, 15) is 22.4 Å². The van der Waals surface area contributed by atoms with Crippen LogP contribution in [0.15, 0.2) is 42.9 Å². The molecular weight excluding hydrogens is 446 g/mol. The van der Waals surface area contributed by atoms with E-state index in [1.807, 2.05) is 0 Å². The van der Waals surface area contributed by atoms with Gasteiger partial charge in [0.1, 0.15) is 18.0 Å². The molecule has 33 heavy (non-hydrogen) atoms. The lowest BCUT2D eigenvalue weighted by atomic mass is 10.1. The molecule has 0 fully saturated rings. The van der Waals surface area contributed by atoms with E-state index in [1.54, 1.807) is 32.0 Å². The lowest BCUT2D eigenvalue weighted by Crippen LogP contribution is -2.42. The average Bonchev–Trinajstić information content (AvgIpc) is 3.32. The number of carbonyl (C=O) groups excluding carboxylic acids is 1. The lowest BCUT2D eigenvalue weighted by molar-refractivity contribution is -0.138. The van der Waals surface area contributed by atoms with Gasteiger partial charge in [-0.05, 0) is 32.0 Å². The van der Waals surface area contributed by atoms with Crippen molar-refractivity contribution in [3.8, 4) is 17.3 Å². The summed E-state index contributed by atoms with van der Waals surface area (Å²) < 4.78 is 62.6. The molecule has 0 spiro atoms. The van der Waals surface area contributed by atoms with Crippen molar-refractivity contribution in [2.45, 2.75) is 26.1 Å². The van der Waals surface area contributed by atoms with Gasteiger partial charge in [0.2, 0.25) is 5.88 Å². The summed E-state index contributed by atoms with van der Waals surface area (Å²) in [6, 6.07) is 4.57. The van der Waals surface area contributed by atoms with Crippen LogP contribution in [0.3, 0.4) is 0 Å². The predicted molar refractivity (Wildman–Crippen MR) is 109 cm³/mol. The minimum absolute atomic E-state index is 0.194. The van der Waals surface area contributed by atoms with E-state index in [-0.39, 0.29) is 19.1 Å². The van der Waals surface area contributed by atoms with Gasteiger partial charge in [0.25, 0.3) is 5.91 Å². The molecule has 0 radical (unpaired) electrons. The summed E-state index contributed by atoms with van der Waals surface area (Å²) in [6.45, 7) is 3.50. The van der Waals surface area contributed by atoms with E-state index in [2.05, 4.69) is 15.2 Å². The van der Waals surface area contributed by atoms with Gasteiger partial charge in [-0.3, -0.25) is 4.79 Å². The second kappa shape index (κ2) is 9.84. The van der Waals surface area contributed by atoms with Crippen molar-refractivity contribution >= 4 is 5.91 Å². The minimum Gasteiger partial charge on any atom is -0.497 e. The van der Waals surface area contributed by atoms with Crippen molar-refractivity contribution in [3.05, 3.63) is 59.8 Å². The molecule has 3 rings (SSSR count). The van der Waals surface area contributed by atoms with Crippen LogP contribution < -0.4 is 9.47 Å². The summed E-state index contributed by atoms with van der Waals surface area (Å²) in [5.41, 5.74) is -0.532. The van der Waals surface area contributed by atoms with Crippen molar-refractivity contribution in [3.63, 3.8) is 0 Å². The third-order valence-electron chi connectivity index (χ3n) is 4.80. The van der Waals surface area contributed by atoms with Crippen LogP contribution in [-0.2, 0) is 6.18 Å². The molecule has 0 bridgehead atoms. The monoisotopic (exact) mass is 467 g/mol. The van der Waals surface area contributed by atoms with Crippen molar-refractivity contribution in [2.75, 3.05) is 20.3 Å². The topological polar surface area (TPSA) is 82.4 Å². The third-order valence-corrected chi connectivity index (χ3v) is 4.80. The number of methoxy groups -OCH3 is 1. The van der Waals surface area contributed by atoms with Gasteiger partial charge in [-0.1, -0.05) is 0 Å². The highest BCUT2D eigenvalue weighted by Crippen LogP contribution is 2.30. The minimum atomic E-state index is -4.72. The van der Waals surface area contributed by atoms with Crippen LogP contribution in [0.5, 0.6) is 11.6 Å². The highest BCUT2D eigenvalue weighted by atomic mass is 19.4. The number of likely N-dealkylation sites (N-methyl/N-ethyl adjacent to an activating group) is 1. The van der Waals surface area contributed by atoms with Crippen molar-refractivity contribution in [1.29, 1.82) is 0 Å². The Morgan fingerprint density at radius 1 is 1.21 bits per heavy atom. The number of halogens is 4. The smallest absolute Gasteiger partial charge is 0.417 e. The number of carbonyl (C=O) groups is 1. The Morgan fingerprint density at radius 3 is 2.48 bits per heavy atom. The van der Waals surface area contributed by atoms with Crippen LogP contribution in [-0.4, -0.2) is 57.1 Å². The number of alkyl halides is 3. The second-order valence-corrected chi connectivity index (χ2v) is 6.96. The van der Waals surface area contributed by atoms with Crippen molar-refractivity contribution < 1.29 is 31.8 Å². The molecule has 2 heterocycles. The average molecular weight is 467 g/mol. The van der Waals surface area contributed by atoms with Gasteiger partial charge in [0.05, 0.1) is 36.7 Å². The van der Waals surface area contributed by atoms with Gasteiger partial charge in [-0.2, -0.15) is 28.2 Å². The molecule has 0 saturated carbocycles. The van der Waals surface area contributed by atoms with E-state index in [1.165, 1.54) is 29.2 Å². The van der Waals surface area contributed by atoms with E-state index in [4.69, 9.17) is 9.47 Å². The summed E-state index contributed by atoms with van der Waals surface area (Å²) in [7, 11) is 1.49. The van der Waals surface area contributed by atoms with E-state index in [0.29, 0.717) is 29.3 Å². The molecule has 0 aliphatic rings. The molecule has 0 aliphatic carbocycles. The normalized spacial score (nSPS) is 12.3. The fraction of sp³-hybridized carbons (Fsp3) is 0.333. The maximum absolute atomic E-state index is 14.0. The summed E-state index contributed by atoms with van der Waals surface area (Å²) in [6.07, 6.45) is -1.29. The summed E-state index contributed by atoms with van der Waals surface area (Å²) in [5, 5.41) is 8.14. The van der Waals surface area contributed by atoms with Crippen LogP contribution in [0, 0.1) is 5.82 Å². The number of pyridine rings is 1. The van der Waals surface area contributed by atoms with E-state index in [0.717, 1.165) is 0 Å². The Labute approximate surface area is 186 Å². The van der Waals surface area contributed by atoms with Gasteiger partial charge >= 0.3 is 6.18 Å². The fourth-order valence-electron chi connectivity index (χ4n) is 3.11. The van der Waals surface area contributed by atoms with Crippen LogP contribution in [0.2, 0.25) is 0 Å². The molecule has 3 aromatic rings. The number of amides is 1. The molecule has 1 amide bonds. The highest BCUT2D eigenvalue weighted by Gasteiger charge is 2.32. The Morgan fingerprint density at radius 2 is 1.91 bits per heavy atom. The van der Waals surface area contributed by atoms with Gasteiger partial charge in [0, 0.05) is 18.8 Å². The Balaban J connectivity index is 1.79. The molecule has 12 heteroatoms. The van der Waals surface area contributed by atoms with Crippen LogP contribution in [0.1, 0.15) is 29.8 Å². The first kappa shape index (κ1) is 24.0. The van der Waals surface area contributed by atoms with Crippen molar-refractivity contribution in [2.24, 2.45) is 0 Å². The third kappa shape index (κ3) is 5.38.